The van der Waals surface area contributed by atoms with Crippen molar-refractivity contribution in [3.8, 4) is 0 Å². The molecule has 2 aromatic rings. The molecule has 5 rings (SSSR count). The molecule has 11 heteroatoms. The van der Waals surface area contributed by atoms with Gasteiger partial charge in [-0.1, -0.05) is 81.7 Å². The maximum absolute atomic E-state index is 14.3. The molecular formula is C37H48N4O7. The zero-order valence-corrected chi connectivity index (χ0v) is 28.1. The van der Waals surface area contributed by atoms with Crippen molar-refractivity contribution in [2.45, 2.75) is 102 Å². The van der Waals surface area contributed by atoms with E-state index in [1.165, 1.54) is 17.9 Å². The van der Waals surface area contributed by atoms with Gasteiger partial charge in [-0.3, -0.25) is 19.2 Å². The van der Waals surface area contributed by atoms with Crippen LogP contribution in [-0.4, -0.2) is 75.9 Å². The molecule has 3 fully saturated rings. The number of likely N-dealkylation sites (tertiary alicyclic amines) is 1. The Labute approximate surface area is 281 Å². The first-order valence-corrected chi connectivity index (χ1v) is 17.1. The molecule has 0 spiro atoms. The van der Waals surface area contributed by atoms with Crippen LogP contribution in [0.15, 0.2) is 55.1 Å². The van der Waals surface area contributed by atoms with E-state index < -0.39 is 59.4 Å². The number of aliphatic carboxylic acids is 1. The third kappa shape index (κ3) is 7.56. The van der Waals surface area contributed by atoms with Crippen molar-refractivity contribution in [1.82, 2.24) is 20.9 Å². The molecule has 2 saturated carbocycles. The Balaban J connectivity index is 1.37. The highest BCUT2D eigenvalue weighted by Crippen LogP contribution is 2.45. The summed E-state index contributed by atoms with van der Waals surface area (Å²) >= 11 is 0. The Bertz CT molecular complexity index is 1550. The molecule has 258 valence electrons. The largest absolute Gasteiger partial charge is 0.479 e. The van der Waals surface area contributed by atoms with Gasteiger partial charge in [0.25, 0.3) is 0 Å². The van der Waals surface area contributed by atoms with Gasteiger partial charge in [-0.2, -0.15) is 0 Å². The predicted molar refractivity (Wildman–Crippen MR) is 180 cm³/mol. The van der Waals surface area contributed by atoms with E-state index >= 15 is 0 Å². The van der Waals surface area contributed by atoms with Gasteiger partial charge < -0.3 is 30.7 Å². The summed E-state index contributed by atoms with van der Waals surface area (Å²) in [7, 11) is 0. The SMILES string of the molecule is C=C[C@@H]1C[C@@]1(NC(=O)[C@@H]1C[C@@H](OCc2cccc3ccccc23)CN1C(=O)[C@@H](NC(=O)[C@@H](NC(C)=O)C1CCCCC1)C(C)C)C(=O)O. The van der Waals surface area contributed by atoms with E-state index in [1.807, 2.05) is 56.3 Å². The second-order valence-corrected chi connectivity index (χ2v) is 13.9. The molecule has 0 aromatic heterocycles. The van der Waals surface area contributed by atoms with Crippen molar-refractivity contribution in [3.05, 3.63) is 60.7 Å². The van der Waals surface area contributed by atoms with Crippen molar-refractivity contribution >= 4 is 40.4 Å². The van der Waals surface area contributed by atoms with Gasteiger partial charge >= 0.3 is 5.97 Å². The van der Waals surface area contributed by atoms with Crippen LogP contribution in [0.4, 0.5) is 0 Å². The van der Waals surface area contributed by atoms with Crippen LogP contribution in [0.3, 0.4) is 0 Å². The average molecular weight is 661 g/mol. The van der Waals surface area contributed by atoms with Crippen LogP contribution in [-0.2, 0) is 35.3 Å². The molecule has 0 unspecified atom stereocenters. The monoisotopic (exact) mass is 660 g/mol. The number of nitrogens with one attached hydrogen (secondary N) is 3. The summed E-state index contributed by atoms with van der Waals surface area (Å²) in [6, 6.07) is 11.1. The highest BCUT2D eigenvalue weighted by Gasteiger charge is 2.61. The number of carbonyl (C=O) groups excluding carboxylic acids is 4. The molecule has 1 aliphatic heterocycles. The van der Waals surface area contributed by atoms with Gasteiger partial charge in [0.2, 0.25) is 23.6 Å². The molecule has 48 heavy (non-hydrogen) atoms. The number of carbonyl (C=O) groups is 5. The minimum atomic E-state index is -1.47. The molecule has 4 N–H and O–H groups in total. The molecule has 4 amide bonds. The first kappa shape index (κ1) is 35.1. The van der Waals surface area contributed by atoms with Crippen molar-refractivity contribution < 1.29 is 33.8 Å². The number of rotatable bonds is 13. The highest BCUT2D eigenvalue weighted by molar-refractivity contribution is 5.97. The summed E-state index contributed by atoms with van der Waals surface area (Å²) in [6.07, 6.45) is 6.01. The maximum Gasteiger partial charge on any atom is 0.330 e. The molecule has 0 radical (unpaired) electrons. The first-order valence-electron chi connectivity index (χ1n) is 17.1. The molecule has 6 atom stereocenters. The Morgan fingerprint density at radius 2 is 1.75 bits per heavy atom. The Hall–Kier alpha value is -4.25. The van der Waals surface area contributed by atoms with Gasteiger partial charge in [-0.25, -0.2) is 4.79 Å². The zero-order chi connectivity index (χ0) is 34.6. The summed E-state index contributed by atoms with van der Waals surface area (Å²) in [5.74, 6) is -3.74. The van der Waals surface area contributed by atoms with Gasteiger partial charge in [0.15, 0.2) is 0 Å². The van der Waals surface area contributed by atoms with Crippen LogP contribution in [0.1, 0.15) is 71.3 Å². The number of benzene rings is 2. The fourth-order valence-electron chi connectivity index (χ4n) is 7.37. The molecule has 2 aliphatic carbocycles. The van der Waals surface area contributed by atoms with E-state index in [-0.39, 0.29) is 43.7 Å². The van der Waals surface area contributed by atoms with Crippen LogP contribution < -0.4 is 16.0 Å². The molecule has 1 saturated heterocycles. The predicted octanol–water partition coefficient (Wildman–Crippen LogP) is 3.70. The van der Waals surface area contributed by atoms with Crippen molar-refractivity contribution in [2.24, 2.45) is 17.8 Å². The van der Waals surface area contributed by atoms with E-state index in [0.717, 1.165) is 48.4 Å². The van der Waals surface area contributed by atoms with Gasteiger partial charge in [-0.05, 0) is 47.4 Å². The van der Waals surface area contributed by atoms with Gasteiger partial charge in [0.05, 0.1) is 12.7 Å². The number of fused-ring (bicyclic) bond motifs is 1. The number of ether oxygens (including phenoxy) is 1. The molecule has 3 aliphatic rings. The van der Waals surface area contributed by atoms with Crippen LogP contribution in [0, 0.1) is 17.8 Å². The van der Waals surface area contributed by atoms with Gasteiger partial charge in [0.1, 0.15) is 23.7 Å². The quantitative estimate of drug-likeness (QED) is 0.239. The standard InChI is InChI=1S/C37H48N4O7/c1-5-27-19-37(27,36(46)47)40-33(43)30-18-28(48-21-26-16-11-15-24-12-9-10-17-29(24)26)20-41(30)35(45)31(22(2)3)39-34(44)32(38-23(4)42)25-13-7-6-8-14-25/h5,9-12,15-17,22,25,27-28,30-32H,1,6-8,13-14,18-21H2,2-4H3,(H,38,42)(H,39,44)(H,40,43)(H,46,47)/t27-,28-,30+,31+,32+,37+/m1/s1. The van der Waals surface area contributed by atoms with E-state index in [9.17, 15) is 29.1 Å². The highest BCUT2D eigenvalue weighted by atomic mass is 16.5. The smallest absolute Gasteiger partial charge is 0.330 e. The number of hydrogen-bond donors (Lipinski definition) is 4. The summed E-state index contributed by atoms with van der Waals surface area (Å²) in [5.41, 5.74) is -0.498. The maximum atomic E-state index is 14.3. The number of amides is 4. The minimum absolute atomic E-state index is 0.0359. The zero-order valence-electron chi connectivity index (χ0n) is 28.1. The van der Waals surface area contributed by atoms with E-state index in [2.05, 4.69) is 22.5 Å². The fraction of sp³-hybridized carbons (Fsp3) is 0.541. The van der Waals surface area contributed by atoms with E-state index in [1.54, 1.807) is 0 Å². The van der Waals surface area contributed by atoms with E-state index in [4.69, 9.17) is 4.74 Å². The number of carboxylic acid groups (broad SMARTS) is 1. The van der Waals surface area contributed by atoms with Gasteiger partial charge in [0, 0.05) is 25.8 Å². The Morgan fingerprint density at radius 1 is 1.04 bits per heavy atom. The lowest BCUT2D eigenvalue weighted by atomic mass is 9.83. The van der Waals surface area contributed by atoms with Crippen LogP contribution >= 0.6 is 0 Å². The van der Waals surface area contributed by atoms with Crippen LogP contribution in [0.25, 0.3) is 10.8 Å². The summed E-state index contributed by atoms with van der Waals surface area (Å²) in [5, 5.41) is 20.5. The average Bonchev–Trinajstić information content (AvgIpc) is 3.63. The lowest BCUT2D eigenvalue weighted by Gasteiger charge is -2.34. The van der Waals surface area contributed by atoms with Crippen molar-refractivity contribution in [1.29, 1.82) is 0 Å². The third-order valence-electron chi connectivity index (χ3n) is 10.2. The molecule has 2 aromatic carbocycles. The molecule has 1 heterocycles. The second kappa shape index (κ2) is 14.9. The summed E-state index contributed by atoms with van der Waals surface area (Å²) in [4.78, 5) is 67.6. The lowest BCUT2D eigenvalue weighted by molar-refractivity contribution is -0.146. The van der Waals surface area contributed by atoms with Crippen molar-refractivity contribution in [3.63, 3.8) is 0 Å². The second-order valence-electron chi connectivity index (χ2n) is 13.9. The van der Waals surface area contributed by atoms with Crippen molar-refractivity contribution in [2.75, 3.05) is 6.54 Å². The summed E-state index contributed by atoms with van der Waals surface area (Å²) < 4.78 is 6.33. The molecular weight excluding hydrogens is 612 g/mol. The third-order valence-corrected chi connectivity index (χ3v) is 10.2. The Morgan fingerprint density at radius 3 is 2.40 bits per heavy atom. The number of hydrogen-bond acceptors (Lipinski definition) is 6. The first-order chi connectivity index (χ1) is 22.9. The number of carboxylic acids is 1. The fourth-order valence-corrected chi connectivity index (χ4v) is 7.37. The molecule has 0 bridgehead atoms. The summed E-state index contributed by atoms with van der Waals surface area (Å²) in [6.45, 7) is 9.05. The topological polar surface area (TPSA) is 154 Å². The molecule has 11 nitrogen and oxygen atoms in total. The van der Waals surface area contributed by atoms with Crippen LogP contribution in [0.5, 0.6) is 0 Å². The Kier molecular flexibility index (Phi) is 10.9. The van der Waals surface area contributed by atoms with E-state index in [0.29, 0.717) is 0 Å². The normalized spacial score (nSPS) is 25.2. The number of nitrogens with zero attached hydrogens (tertiary/aromatic N) is 1. The minimum Gasteiger partial charge on any atom is -0.479 e. The lowest BCUT2D eigenvalue weighted by Crippen LogP contribution is -2.60. The van der Waals surface area contributed by atoms with Crippen LogP contribution in [0.2, 0.25) is 0 Å². The van der Waals surface area contributed by atoms with Gasteiger partial charge in [-0.15, -0.1) is 6.58 Å².